The van der Waals surface area contributed by atoms with Gasteiger partial charge in [0.05, 0.1) is 0 Å². The van der Waals surface area contributed by atoms with Crippen LogP contribution < -0.4 is 16.4 Å². The second kappa shape index (κ2) is 14.6. The van der Waals surface area contributed by atoms with Crippen LogP contribution in [0.4, 0.5) is 0 Å². The number of carbonyl (C=O) groups is 5. The van der Waals surface area contributed by atoms with Gasteiger partial charge >= 0.3 is 11.9 Å². The summed E-state index contributed by atoms with van der Waals surface area (Å²) in [5.74, 6) is -3.16. The van der Waals surface area contributed by atoms with Crippen molar-refractivity contribution in [2.45, 2.75) is 45.2 Å². The van der Waals surface area contributed by atoms with Gasteiger partial charge in [0.25, 0.3) is 0 Å². The molecule has 0 aromatic heterocycles. The van der Waals surface area contributed by atoms with Gasteiger partial charge in [-0.05, 0) is 20.3 Å². The summed E-state index contributed by atoms with van der Waals surface area (Å²) < 4.78 is 0. The molecule has 166 valence electrons. The molecule has 0 radical (unpaired) electrons. The zero-order valence-electron chi connectivity index (χ0n) is 16.7. The predicted molar refractivity (Wildman–Crippen MR) is 107 cm³/mol. The van der Waals surface area contributed by atoms with Crippen LogP contribution in [0, 0.1) is 0 Å². The Kier molecular flexibility index (Phi) is 13.4. The lowest BCUT2D eigenvalue weighted by Gasteiger charge is -2.20. The predicted octanol–water partition coefficient (Wildman–Crippen LogP) is -1.14. The fourth-order valence-corrected chi connectivity index (χ4v) is 3.20. The van der Waals surface area contributed by atoms with E-state index in [2.05, 4.69) is 10.6 Å². The first-order valence-electron chi connectivity index (χ1n) is 9.25. The summed E-state index contributed by atoms with van der Waals surface area (Å²) in [6, 6.07) is -2.21. The van der Waals surface area contributed by atoms with Gasteiger partial charge in [-0.3, -0.25) is 24.0 Å². The summed E-state index contributed by atoms with van der Waals surface area (Å²) in [7, 11) is 0. The lowest BCUT2D eigenvalue weighted by molar-refractivity contribution is -0.139. The number of hydrogen-bond acceptors (Lipinski definition) is 7. The van der Waals surface area contributed by atoms with E-state index in [1.54, 1.807) is 4.90 Å². The molecule has 0 aliphatic heterocycles. The summed E-state index contributed by atoms with van der Waals surface area (Å²) in [6.07, 6.45) is -0.0192. The largest absolute Gasteiger partial charge is 0.480 e. The third-order valence-corrected chi connectivity index (χ3v) is 4.99. The molecule has 3 amide bonds. The Labute approximate surface area is 173 Å². The van der Waals surface area contributed by atoms with Crippen LogP contribution in [0.25, 0.3) is 0 Å². The molecular formula is C17H30N4O7S. The first-order chi connectivity index (χ1) is 13.6. The Balaban J connectivity index is 4.66. The smallest absolute Gasteiger partial charge is 0.322 e. The number of nitrogens with two attached hydrogens (primary N) is 1. The maximum absolute atomic E-state index is 12.2. The molecule has 0 aliphatic rings. The average molecular weight is 435 g/mol. The summed E-state index contributed by atoms with van der Waals surface area (Å²) >= 11 is 1.27. The Morgan fingerprint density at radius 1 is 1.07 bits per heavy atom. The molecule has 12 heteroatoms. The van der Waals surface area contributed by atoms with Gasteiger partial charge < -0.3 is 31.5 Å². The van der Waals surface area contributed by atoms with Gasteiger partial charge in [0.15, 0.2) is 0 Å². The van der Waals surface area contributed by atoms with Crippen LogP contribution in [-0.4, -0.2) is 88.0 Å². The molecule has 0 unspecified atom stereocenters. The number of nitrogens with one attached hydrogen (secondary N) is 2. The van der Waals surface area contributed by atoms with E-state index < -0.39 is 42.4 Å². The highest BCUT2D eigenvalue weighted by Gasteiger charge is 2.22. The maximum Gasteiger partial charge on any atom is 0.322 e. The van der Waals surface area contributed by atoms with E-state index in [-0.39, 0.29) is 30.9 Å². The normalized spacial score (nSPS) is 12.5. The molecule has 0 aromatic rings. The van der Waals surface area contributed by atoms with Crippen LogP contribution in [-0.2, 0) is 24.0 Å². The molecule has 0 bridgehead atoms. The minimum atomic E-state index is -1.23. The Morgan fingerprint density at radius 2 is 1.69 bits per heavy atom. The summed E-state index contributed by atoms with van der Waals surface area (Å²) in [4.78, 5) is 59.2. The Hall–Kier alpha value is -2.34. The highest BCUT2D eigenvalue weighted by Crippen LogP contribution is 2.08. The van der Waals surface area contributed by atoms with Crippen molar-refractivity contribution < 1.29 is 34.2 Å². The second-order valence-electron chi connectivity index (χ2n) is 6.11. The molecule has 0 saturated heterocycles. The monoisotopic (exact) mass is 434 g/mol. The minimum Gasteiger partial charge on any atom is -0.480 e. The second-order valence-corrected chi connectivity index (χ2v) is 7.26. The number of carboxylic acid groups (broad SMARTS) is 2. The molecule has 0 heterocycles. The molecule has 0 aliphatic carbocycles. The van der Waals surface area contributed by atoms with Gasteiger partial charge in [0.1, 0.15) is 18.6 Å². The molecule has 29 heavy (non-hydrogen) atoms. The zero-order valence-corrected chi connectivity index (χ0v) is 17.5. The van der Waals surface area contributed by atoms with Crippen molar-refractivity contribution in [3.8, 4) is 0 Å². The van der Waals surface area contributed by atoms with E-state index >= 15 is 0 Å². The topological polar surface area (TPSA) is 179 Å². The van der Waals surface area contributed by atoms with Gasteiger partial charge in [-0.1, -0.05) is 0 Å². The van der Waals surface area contributed by atoms with Gasteiger partial charge in [0.2, 0.25) is 17.7 Å². The van der Waals surface area contributed by atoms with Crippen molar-refractivity contribution in [3.63, 3.8) is 0 Å². The number of thioether (sulfide) groups is 1. The van der Waals surface area contributed by atoms with Gasteiger partial charge in [-0.2, -0.15) is 11.8 Å². The quantitative estimate of drug-likeness (QED) is 0.199. The number of carbonyl (C=O) groups excluding carboxylic acids is 3. The summed E-state index contributed by atoms with van der Waals surface area (Å²) in [5, 5.41) is 22.1. The molecule has 0 aromatic carbocycles. The Morgan fingerprint density at radius 3 is 2.21 bits per heavy atom. The van der Waals surface area contributed by atoms with Crippen LogP contribution in [0.3, 0.4) is 0 Å². The molecule has 11 nitrogen and oxygen atoms in total. The average Bonchev–Trinajstić information content (AvgIpc) is 2.67. The summed E-state index contributed by atoms with van der Waals surface area (Å²) in [6.45, 7) is 4.37. The number of carboxylic acids is 2. The van der Waals surface area contributed by atoms with Crippen molar-refractivity contribution >= 4 is 41.4 Å². The van der Waals surface area contributed by atoms with E-state index in [0.29, 0.717) is 18.8 Å². The molecule has 0 spiro atoms. The molecule has 0 saturated carbocycles. The first kappa shape index (κ1) is 26.7. The van der Waals surface area contributed by atoms with E-state index in [0.717, 1.165) is 0 Å². The van der Waals surface area contributed by atoms with E-state index in [1.165, 1.54) is 11.8 Å². The highest BCUT2D eigenvalue weighted by molar-refractivity contribution is 7.99. The third-order valence-electron chi connectivity index (χ3n) is 3.93. The van der Waals surface area contributed by atoms with Crippen LogP contribution in [0.1, 0.15) is 33.1 Å². The van der Waals surface area contributed by atoms with Crippen molar-refractivity contribution in [1.82, 2.24) is 15.5 Å². The first-order valence-corrected chi connectivity index (χ1v) is 10.4. The van der Waals surface area contributed by atoms with Crippen LogP contribution >= 0.6 is 11.8 Å². The lowest BCUT2D eigenvalue weighted by atomic mass is 10.1. The third kappa shape index (κ3) is 12.0. The zero-order chi connectivity index (χ0) is 22.4. The van der Waals surface area contributed by atoms with E-state index in [1.807, 2.05) is 13.8 Å². The van der Waals surface area contributed by atoms with Crippen molar-refractivity contribution in [1.29, 1.82) is 0 Å². The maximum atomic E-state index is 12.2. The van der Waals surface area contributed by atoms with E-state index in [4.69, 9.17) is 15.9 Å². The Bertz CT molecular complexity index is 584. The van der Waals surface area contributed by atoms with Gasteiger partial charge in [-0.25, -0.2) is 0 Å². The van der Waals surface area contributed by atoms with Crippen LogP contribution in [0.2, 0.25) is 0 Å². The number of hydrogen-bond donors (Lipinski definition) is 5. The fraction of sp³-hybridized carbons (Fsp3) is 0.706. The van der Waals surface area contributed by atoms with Gasteiger partial charge in [0, 0.05) is 37.4 Å². The van der Waals surface area contributed by atoms with E-state index in [9.17, 15) is 24.0 Å². The minimum absolute atomic E-state index is 0.0129. The molecule has 6 N–H and O–H groups in total. The fourth-order valence-electron chi connectivity index (χ4n) is 2.24. The standard InChI is InChI=1S/C17H30N4O7S/c1-3-21(4-2)14(23)7-8-29-10-12(16(26)19-9-15(24)25)20-13(22)6-5-11(18)17(27)28/h11-12H,3-10,18H2,1-2H3,(H,19,26)(H,20,22)(H,24,25)(H,27,28)/t11-,12-/m0/s1. The summed E-state index contributed by atoms with van der Waals surface area (Å²) in [5.41, 5.74) is 5.35. The number of nitrogens with zero attached hydrogens (tertiary/aromatic N) is 1. The number of amides is 3. The molecule has 0 rings (SSSR count). The number of aliphatic carboxylic acids is 2. The van der Waals surface area contributed by atoms with Crippen LogP contribution in [0.15, 0.2) is 0 Å². The molecule has 2 atom stereocenters. The highest BCUT2D eigenvalue weighted by atomic mass is 32.2. The van der Waals surface area contributed by atoms with Gasteiger partial charge in [-0.15, -0.1) is 0 Å². The van der Waals surface area contributed by atoms with Crippen LogP contribution in [0.5, 0.6) is 0 Å². The number of rotatable bonds is 15. The van der Waals surface area contributed by atoms with Crippen molar-refractivity contribution in [3.05, 3.63) is 0 Å². The SMILES string of the molecule is CCN(CC)C(=O)CCSC[C@H](NC(=O)CC[C@H](N)C(=O)O)C(=O)NCC(=O)O. The van der Waals surface area contributed by atoms with Crippen molar-refractivity contribution in [2.75, 3.05) is 31.1 Å². The molecular weight excluding hydrogens is 404 g/mol. The molecule has 0 fully saturated rings. The van der Waals surface area contributed by atoms with Crippen molar-refractivity contribution in [2.24, 2.45) is 5.73 Å². The lowest BCUT2D eigenvalue weighted by Crippen LogP contribution is -2.49.